The smallest absolute Gasteiger partial charge is 0.237 e. The van der Waals surface area contributed by atoms with Crippen molar-refractivity contribution in [2.24, 2.45) is 11.8 Å². The number of rotatable bonds is 6. The van der Waals surface area contributed by atoms with Gasteiger partial charge in [-0.15, -0.1) is 11.6 Å². The first-order chi connectivity index (χ1) is 15.0. The molecule has 1 aliphatic carbocycles. The van der Waals surface area contributed by atoms with Crippen LogP contribution in [0.2, 0.25) is 0 Å². The maximum Gasteiger partial charge on any atom is 0.237 e. The molecule has 0 spiro atoms. The van der Waals surface area contributed by atoms with Gasteiger partial charge in [-0.05, 0) is 63.7 Å². The Balaban J connectivity index is 1.39. The fourth-order valence-corrected chi connectivity index (χ4v) is 6.29. The van der Waals surface area contributed by atoms with Gasteiger partial charge in [-0.25, -0.2) is 9.37 Å². The minimum atomic E-state index is -0.798. The summed E-state index contributed by atoms with van der Waals surface area (Å²) in [5.74, 6) is 0.636. The van der Waals surface area contributed by atoms with Gasteiger partial charge in [0.05, 0.1) is 12.4 Å². The number of piperidine rings is 2. The minimum absolute atomic E-state index is 0.0747. The fourth-order valence-electron chi connectivity index (χ4n) is 5.80. The van der Waals surface area contributed by atoms with E-state index in [0.717, 1.165) is 32.2 Å². The first kappa shape index (κ1) is 23.0. The molecule has 6 nitrogen and oxygen atoms in total. The van der Waals surface area contributed by atoms with Gasteiger partial charge < -0.3 is 20.5 Å². The van der Waals surface area contributed by atoms with Gasteiger partial charge >= 0.3 is 0 Å². The second-order valence-electron chi connectivity index (χ2n) is 9.95. The summed E-state index contributed by atoms with van der Waals surface area (Å²) in [4.78, 5) is 17.3. The molecular formula is C23H37ClFN5O. The summed E-state index contributed by atoms with van der Waals surface area (Å²) in [6.07, 6.45) is 11.8. The van der Waals surface area contributed by atoms with Gasteiger partial charge in [0, 0.05) is 49.0 Å². The van der Waals surface area contributed by atoms with E-state index in [-0.39, 0.29) is 29.3 Å². The quantitative estimate of drug-likeness (QED) is 0.579. The molecule has 0 radical (unpaired) electrons. The lowest BCUT2D eigenvalue weighted by Crippen LogP contribution is -2.58. The molecule has 2 aliphatic heterocycles. The van der Waals surface area contributed by atoms with Crippen molar-refractivity contribution in [2.45, 2.75) is 101 Å². The predicted octanol–water partition coefficient (Wildman–Crippen LogP) is 3.01. The number of nitrogens with zero attached hydrogens (tertiary/aromatic N) is 2. The Morgan fingerprint density at radius 2 is 2.10 bits per heavy atom. The van der Waals surface area contributed by atoms with Crippen LogP contribution in [0.3, 0.4) is 0 Å². The standard InChI is InChI=1S/C23H37ClFN5O/c1-15-3-2-4-18(28-15)12-27-23(31)22-10-16(13-30-8-7-26-14-30)9-21(29-22)19-6-5-17(25)11-20(19)24/h7-8,14-22,28-29H,2-6,9-13H2,1H3,(H,27,31). The lowest BCUT2D eigenvalue weighted by atomic mass is 9.75. The molecule has 174 valence electrons. The van der Waals surface area contributed by atoms with Crippen LogP contribution in [0, 0.1) is 11.8 Å². The molecule has 2 saturated heterocycles. The number of nitrogens with one attached hydrogen (secondary N) is 3. The Morgan fingerprint density at radius 3 is 2.84 bits per heavy atom. The summed E-state index contributed by atoms with van der Waals surface area (Å²) in [5.41, 5.74) is 0. The molecule has 1 amide bonds. The molecule has 8 unspecified atom stereocenters. The number of imidazole rings is 1. The molecule has 8 atom stereocenters. The molecule has 4 rings (SSSR count). The monoisotopic (exact) mass is 453 g/mol. The highest BCUT2D eigenvalue weighted by Gasteiger charge is 2.40. The van der Waals surface area contributed by atoms with Gasteiger partial charge in [-0.2, -0.15) is 0 Å². The van der Waals surface area contributed by atoms with Gasteiger partial charge in [-0.1, -0.05) is 6.42 Å². The highest BCUT2D eigenvalue weighted by atomic mass is 35.5. The van der Waals surface area contributed by atoms with E-state index in [0.29, 0.717) is 37.4 Å². The average molecular weight is 454 g/mol. The lowest BCUT2D eigenvalue weighted by molar-refractivity contribution is -0.125. The normalized spacial score (nSPS) is 39.2. The van der Waals surface area contributed by atoms with Crippen molar-refractivity contribution in [3.63, 3.8) is 0 Å². The number of hydrogen-bond donors (Lipinski definition) is 3. The number of carbonyl (C=O) groups is 1. The third-order valence-corrected chi connectivity index (χ3v) is 7.93. The third kappa shape index (κ3) is 6.20. The zero-order valence-corrected chi connectivity index (χ0v) is 19.2. The molecule has 0 bridgehead atoms. The first-order valence-electron chi connectivity index (χ1n) is 12.0. The van der Waals surface area contributed by atoms with E-state index in [1.54, 1.807) is 6.20 Å². The number of halogens is 2. The molecule has 3 heterocycles. The number of amides is 1. The van der Waals surface area contributed by atoms with Crippen molar-refractivity contribution in [1.29, 1.82) is 0 Å². The van der Waals surface area contributed by atoms with Crippen molar-refractivity contribution >= 4 is 17.5 Å². The SMILES string of the molecule is CC1CCCC(CNC(=O)C2CC(Cn3ccnc3)CC(C3CCC(F)CC3Cl)N2)N1. The second-order valence-corrected chi connectivity index (χ2v) is 10.5. The van der Waals surface area contributed by atoms with E-state index >= 15 is 0 Å². The molecule has 31 heavy (non-hydrogen) atoms. The molecule has 3 N–H and O–H groups in total. The Labute approximate surface area is 190 Å². The van der Waals surface area contributed by atoms with Crippen LogP contribution in [0.15, 0.2) is 18.7 Å². The van der Waals surface area contributed by atoms with Gasteiger partial charge in [0.15, 0.2) is 0 Å². The molecule has 3 aliphatic rings. The van der Waals surface area contributed by atoms with Crippen LogP contribution in [0.5, 0.6) is 0 Å². The number of aromatic nitrogens is 2. The van der Waals surface area contributed by atoms with Gasteiger partial charge in [0.1, 0.15) is 6.17 Å². The van der Waals surface area contributed by atoms with E-state index in [4.69, 9.17) is 11.6 Å². The molecule has 0 aromatic carbocycles. The van der Waals surface area contributed by atoms with Crippen molar-refractivity contribution in [1.82, 2.24) is 25.5 Å². The largest absolute Gasteiger partial charge is 0.353 e. The van der Waals surface area contributed by atoms with Crippen LogP contribution in [-0.2, 0) is 11.3 Å². The van der Waals surface area contributed by atoms with E-state index in [9.17, 15) is 9.18 Å². The summed E-state index contributed by atoms with van der Waals surface area (Å²) < 4.78 is 15.9. The summed E-state index contributed by atoms with van der Waals surface area (Å²) in [6, 6.07) is 0.765. The first-order valence-corrected chi connectivity index (χ1v) is 12.4. The van der Waals surface area contributed by atoms with E-state index in [2.05, 4.69) is 32.4 Å². The van der Waals surface area contributed by atoms with Crippen LogP contribution in [0.1, 0.15) is 58.3 Å². The number of hydrogen-bond acceptors (Lipinski definition) is 4. The molecular weight excluding hydrogens is 417 g/mol. The van der Waals surface area contributed by atoms with E-state index in [1.807, 2.05) is 12.5 Å². The van der Waals surface area contributed by atoms with Gasteiger partial charge in [0.25, 0.3) is 0 Å². The summed E-state index contributed by atoms with van der Waals surface area (Å²) >= 11 is 6.60. The summed E-state index contributed by atoms with van der Waals surface area (Å²) in [7, 11) is 0. The fraction of sp³-hybridized carbons (Fsp3) is 0.826. The Kier molecular flexibility index (Phi) is 7.88. The maximum absolute atomic E-state index is 13.8. The van der Waals surface area contributed by atoms with Crippen LogP contribution in [-0.4, -0.2) is 57.7 Å². The maximum atomic E-state index is 13.8. The lowest BCUT2D eigenvalue weighted by Gasteiger charge is -2.43. The Bertz CT molecular complexity index is 704. The summed E-state index contributed by atoms with van der Waals surface area (Å²) in [5, 5.41) is 10.2. The van der Waals surface area contributed by atoms with Crippen LogP contribution in [0.4, 0.5) is 4.39 Å². The topological polar surface area (TPSA) is 71.0 Å². The number of carbonyl (C=O) groups excluding carboxylic acids is 1. The average Bonchev–Trinajstić information content (AvgIpc) is 3.25. The van der Waals surface area contributed by atoms with Crippen molar-refractivity contribution in [3.8, 4) is 0 Å². The Hall–Kier alpha value is -1.18. The van der Waals surface area contributed by atoms with Crippen molar-refractivity contribution in [3.05, 3.63) is 18.7 Å². The zero-order chi connectivity index (χ0) is 21.8. The predicted molar refractivity (Wildman–Crippen MR) is 121 cm³/mol. The molecule has 8 heteroatoms. The second kappa shape index (κ2) is 10.6. The zero-order valence-electron chi connectivity index (χ0n) is 18.5. The number of alkyl halides is 2. The van der Waals surface area contributed by atoms with Crippen molar-refractivity contribution < 1.29 is 9.18 Å². The van der Waals surface area contributed by atoms with Crippen LogP contribution < -0.4 is 16.0 Å². The minimum Gasteiger partial charge on any atom is -0.353 e. The van der Waals surface area contributed by atoms with E-state index < -0.39 is 6.17 Å². The molecule has 1 aromatic heterocycles. The van der Waals surface area contributed by atoms with Crippen LogP contribution in [0.25, 0.3) is 0 Å². The van der Waals surface area contributed by atoms with Crippen molar-refractivity contribution in [2.75, 3.05) is 6.54 Å². The van der Waals surface area contributed by atoms with Gasteiger partial charge in [-0.3, -0.25) is 4.79 Å². The highest BCUT2D eigenvalue weighted by Crippen LogP contribution is 2.37. The Morgan fingerprint density at radius 1 is 1.23 bits per heavy atom. The summed E-state index contributed by atoms with van der Waals surface area (Å²) in [6.45, 7) is 3.72. The van der Waals surface area contributed by atoms with E-state index in [1.165, 1.54) is 12.8 Å². The molecule has 1 aromatic rings. The molecule has 1 saturated carbocycles. The van der Waals surface area contributed by atoms with Crippen LogP contribution >= 0.6 is 11.6 Å². The molecule has 3 fully saturated rings. The highest BCUT2D eigenvalue weighted by molar-refractivity contribution is 6.20. The van der Waals surface area contributed by atoms with Gasteiger partial charge in [0.2, 0.25) is 5.91 Å². The third-order valence-electron chi connectivity index (χ3n) is 7.42.